The number of rotatable bonds is 5. The molecule has 1 N–H and O–H groups in total. The third-order valence-corrected chi connectivity index (χ3v) is 3.49. The average molecular weight is 319 g/mol. The molecule has 0 radical (unpaired) electrons. The Hall–Kier alpha value is -0.750. The number of carbonyl (C=O) groups excluding carboxylic acids is 1. The molecule has 17 heavy (non-hydrogen) atoms. The molecule has 1 aromatic rings. The van der Waals surface area contributed by atoms with Gasteiger partial charge in [-0.25, -0.2) is 4.98 Å². The van der Waals surface area contributed by atoms with Gasteiger partial charge in [-0.05, 0) is 41.4 Å². The van der Waals surface area contributed by atoms with Crippen molar-refractivity contribution in [2.75, 3.05) is 12.0 Å². The van der Waals surface area contributed by atoms with Crippen molar-refractivity contribution in [3.8, 4) is 0 Å². The Labute approximate surface area is 112 Å². The van der Waals surface area contributed by atoms with E-state index in [0.717, 1.165) is 0 Å². The van der Waals surface area contributed by atoms with Crippen molar-refractivity contribution in [3.05, 3.63) is 28.5 Å². The zero-order valence-electron chi connectivity index (χ0n) is 9.77. The molecule has 2 unspecified atom stereocenters. The van der Waals surface area contributed by atoms with E-state index in [4.69, 9.17) is 0 Å². The number of carbonyl (C=O) groups is 1. The van der Waals surface area contributed by atoms with Gasteiger partial charge in [0.15, 0.2) is 0 Å². The molecule has 0 aliphatic rings. The van der Waals surface area contributed by atoms with Gasteiger partial charge in [-0.3, -0.25) is 9.00 Å². The van der Waals surface area contributed by atoms with Crippen molar-refractivity contribution in [1.29, 1.82) is 0 Å². The van der Waals surface area contributed by atoms with Crippen LogP contribution >= 0.6 is 15.9 Å². The Kier molecular flexibility index (Phi) is 5.77. The maximum atomic E-state index is 11.8. The normalized spacial score (nSPS) is 14.1. The minimum atomic E-state index is -0.818. The van der Waals surface area contributed by atoms with Gasteiger partial charge in [-0.15, -0.1) is 0 Å². The predicted octanol–water partition coefficient (Wildman–Crippen LogP) is 1.73. The van der Waals surface area contributed by atoms with E-state index in [0.29, 0.717) is 22.3 Å². The first-order chi connectivity index (χ1) is 7.99. The second kappa shape index (κ2) is 6.86. The lowest BCUT2D eigenvalue weighted by atomic mass is 10.2. The van der Waals surface area contributed by atoms with E-state index in [1.807, 2.05) is 6.92 Å². The van der Waals surface area contributed by atoms with Crippen LogP contribution in [-0.2, 0) is 10.8 Å². The molecule has 1 heterocycles. The summed E-state index contributed by atoms with van der Waals surface area (Å²) in [5.74, 6) is 0.444. The molecule has 0 aromatic carbocycles. The molecule has 94 valence electrons. The summed E-state index contributed by atoms with van der Waals surface area (Å²) in [5, 5.41) is 2.84. The van der Waals surface area contributed by atoms with Crippen LogP contribution in [0.5, 0.6) is 0 Å². The van der Waals surface area contributed by atoms with Crippen LogP contribution in [0.25, 0.3) is 0 Å². The summed E-state index contributed by atoms with van der Waals surface area (Å²) in [6.45, 7) is 1.90. The first-order valence-electron chi connectivity index (χ1n) is 5.21. The van der Waals surface area contributed by atoms with Crippen LogP contribution in [-0.4, -0.2) is 33.2 Å². The summed E-state index contributed by atoms with van der Waals surface area (Å²) in [6, 6.07) is 3.44. The average Bonchev–Trinajstić information content (AvgIpc) is 2.27. The van der Waals surface area contributed by atoms with E-state index in [1.54, 1.807) is 18.4 Å². The maximum absolute atomic E-state index is 11.8. The highest BCUT2D eigenvalue weighted by atomic mass is 79.9. The van der Waals surface area contributed by atoms with Crippen molar-refractivity contribution in [2.24, 2.45) is 0 Å². The quantitative estimate of drug-likeness (QED) is 0.841. The molecule has 0 saturated carbocycles. The van der Waals surface area contributed by atoms with E-state index in [9.17, 15) is 9.00 Å². The number of halogens is 1. The molecular formula is C11H15BrN2O2S. The highest BCUT2D eigenvalue weighted by Crippen LogP contribution is 2.06. The highest BCUT2D eigenvalue weighted by Gasteiger charge is 2.10. The van der Waals surface area contributed by atoms with E-state index >= 15 is 0 Å². The fourth-order valence-electron chi connectivity index (χ4n) is 1.23. The molecule has 1 amide bonds. The number of amides is 1. The Bertz CT molecular complexity index is 408. The lowest BCUT2D eigenvalue weighted by Crippen LogP contribution is -2.33. The molecule has 6 heteroatoms. The molecule has 1 rings (SSSR count). The largest absolute Gasteiger partial charge is 0.350 e. The second-order valence-corrected chi connectivity index (χ2v) is 6.18. The number of aromatic nitrogens is 1. The Morgan fingerprint density at radius 2 is 2.29 bits per heavy atom. The van der Waals surface area contributed by atoms with Crippen LogP contribution in [0.2, 0.25) is 0 Å². The summed E-state index contributed by atoms with van der Waals surface area (Å²) in [6.07, 6.45) is 3.89. The van der Waals surface area contributed by atoms with Gasteiger partial charge < -0.3 is 5.32 Å². The number of pyridine rings is 1. The third kappa shape index (κ3) is 5.41. The van der Waals surface area contributed by atoms with Crippen LogP contribution in [0.1, 0.15) is 23.7 Å². The Morgan fingerprint density at radius 3 is 2.82 bits per heavy atom. The molecule has 0 saturated heterocycles. The van der Waals surface area contributed by atoms with Gasteiger partial charge in [0.1, 0.15) is 4.60 Å². The first kappa shape index (κ1) is 14.3. The van der Waals surface area contributed by atoms with Crippen molar-refractivity contribution in [2.45, 2.75) is 19.4 Å². The zero-order valence-corrected chi connectivity index (χ0v) is 12.2. The minimum absolute atomic E-state index is 0.00930. The van der Waals surface area contributed by atoms with Gasteiger partial charge in [0.2, 0.25) is 0 Å². The SMILES string of the molecule is CC(CCS(C)=O)NC(=O)c1ccc(Br)nc1. The second-order valence-electron chi connectivity index (χ2n) is 3.81. The van der Waals surface area contributed by atoms with E-state index < -0.39 is 10.8 Å². The van der Waals surface area contributed by atoms with Gasteiger partial charge in [0.05, 0.1) is 5.56 Å². The van der Waals surface area contributed by atoms with Gasteiger partial charge in [0.25, 0.3) is 5.91 Å². The Balaban J connectivity index is 2.48. The summed E-state index contributed by atoms with van der Waals surface area (Å²) in [5.41, 5.74) is 0.526. The zero-order chi connectivity index (χ0) is 12.8. The molecule has 1 aromatic heterocycles. The van der Waals surface area contributed by atoms with Crippen LogP contribution < -0.4 is 5.32 Å². The molecule has 4 nitrogen and oxygen atoms in total. The molecule has 0 aliphatic heterocycles. The highest BCUT2D eigenvalue weighted by molar-refractivity contribution is 9.10. The predicted molar refractivity (Wildman–Crippen MR) is 72.4 cm³/mol. The number of hydrogen-bond donors (Lipinski definition) is 1. The van der Waals surface area contributed by atoms with E-state index in [-0.39, 0.29) is 11.9 Å². The monoisotopic (exact) mass is 318 g/mol. The standard InChI is InChI=1S/C11H15BrN2O2S/c1-8(5-6-17(2)16)14-11(15)9-3-4-10(12)13-7-9/h3-4,7-8H,5-6H2,1-2H3,(H,14,15). The number of hydrogen-bond acceptors (Lipinski definition) is 3. The third-order valence-electron chi connectivity index (χ3n) is 2.21. The van der Waals surface area contributed by atoms with Crippen molar-refractivity contribution >= 4 is 32.6 Å². The Morgan fingerprint density at radius 1 is 1.59 bits per heavy atom. The topological polar surface area (TPSA) is 59.1 Å². The van der Waals surface area contributed by atoms with Crippen molar-refractivity contribution in [1.82, 2.24) is 10.3 Å². The van der Waals surface area contributed by atoms with Gasteiger partial charge in [0, 0.05) is 35.0 Å². The molecule has 0 fully saturated rings. The maximum Gasteiger partial charge on any atom is 0.253 e. The lowest BCUT2D eigenvalue weighted by molar-refractivity contribution is 0.0939. The lowest BCUT2D eigenvalue weighted by Gasteiger charge is -2.12. The van der Waals surface area contributed by atoms with Crippen LogP contribution in [0.4, 0.5) is 0 Å². The smallest absolute Gasteiger partial charge is 0.253 e. The van der Waals surface area contributed by atoms with Gasteiger partial charge in [-0.1, -0.05) is 0 Å². The van der Waals surface area contributed by atoms with E-state index in [1.165, 1.54) is 6.20 Å². The number of nitrogens with zero attached hydrogens (tertiary/aromatic N) is 1. The molecule has 0 bridgehead atoms. The molecule has 2 atom stereocenters. The first-order valence-corrected chi connectivity index (χ1v) is 7.73. The number of nitrogens with one attached hydrogen (secondary N) is 1. The minimum Gasteiger partial charge on any atom is -0.350 e. The van der Waals surface area contributed by atoms with Gasteiger partial charge in [-0.2, -0.15) is 0 Å². The summed E-state index contributed by atoms with van der Waals surface area (Å²) >= 11 is 3.21. The van der Waals surface area contributed by atoms with Crippen molar-refractivity contribution < 1.29 is 9.00 Å². The molecule has 0 spiro atoms. The summed E-state index contributed by atoms with van der Waals surface area (Å²) in [7, 11) is -0.818. The van der Waals surface area contributed by atoms with Crippen LogP contribution in [0, 0.1) is 0 Å². The fraction of sp³-hybridized carbons (Fsp3) is 0.455. The van der Waals surface area contributed by atoms with Crippen molar-refractivity contribution in [3.63, 3.8) is 0 Å². The van der Waals surface area contributed by atoms with E-state index in [2.05, 4.69) is 26.2 Å². The fourth-order valence-corrected chi connectivity index (χ4v) is 2.15. The summed E-state index contributed by atoms with van der Waals surface area (Å²) in [4.78, 5) is 15.8. The van der Waals surface area contributed by atoms with Crippen LogP contribution in [0.15, 0.2) is 22.9 Å². The summed E-state index contributed by atoms with van der Waals surface area (Å²) < 4.78 is 11.6. The van der Waals surface area contributed by atoms with Gasteiger partial charge >= 0.3 is 0 Å². The molecule has 0 aliphatic carbocycles. The van der Waals surface area contributed by atoms with Crippen LogP contribution in [0.3, 0.4) is 0 Å². The molecular weight excluding hydrogens is 304 g/mol.